The zero-order chi connectivity index (χ0) is 15.6. The number of nitro groups is 1. The summed E-state index contributed by atoms with van der Waals surface area (Å²) in [5.41, 5.74) is 0.401. The predicted molar refractivity (Wildman–Crippen MR) is 69.9 cm³/mol. The number of carbonyl (C=O) groups excluding carboxylic acids is 1. The van der Waals surface area contributed by atoms with E-state index in [1.807, 2.05) is 0 Å². The zero-order valence-electron chi connectivity index (χ0n) is 10.9. The molecule has 2 rings (SSSR count). The van der Waals surface area contributed by atoms with Gasteiger partial charge in [0.15, 0.2) is 5.69 Å². The molecule has 0 aliphatic heterocycles. The summed E-state index contributed by atoms with van der Waals surface area (Å²) in [6.07, 6.45) is 2.64. The number of nitrogens with zero attached hydrogens (tertiary/aromatic N) is 4. The number of anilines is 1. The third-order valence-electron chi connectivity index (χ3n) is 2.70. The lowest BCUT2D eigenvalue weighted by atomic mass is 10.4. The molecule has 0 saturated heterocycles. The van der Waals surface area contributed by atoms with Crippen molar-refractivity contribution in [2.45, 2.75) is 6.54 Å². The number of aromatic nitrogens is 3. The number of carboxylic acid groups (broad SMARTS) is 1. The third kappa shape index (κ3) is 3.05. The summed E-state index contributed by atoms with van der Waals surface area (Å²) in [5, 5.41) is 25.6. The number of aliphatic carboxylic acids is 1. The van der Waals surface area contributed by atoms with E-state index in [1.165, 1.54) is 31.6 Å². The topological polar surface area (TPSA) is 132 Å². The minimum Gasteiger partial charge on any atom is -0.480 e. The molecule has 2 aromatic rings. The molecular formula is C11H11N5O5. The van der Waals surface area contributed by atoms with Crippen LogP contribution >= 0.6 is 0 Å². The molecular weight excluding hydrogens is 282 g/mol. The number of amides is 1. The number of rotatable bonds is 5. The van der Waals surface area contributed by atoms with Gasteiger partial charge in [-0.2, -0.15) is 5.10 Å². The number of carboxylic acids is 1. The second-order valence-electron chi connectivity index (χ2n) is 4.17. The smallest absolute Gasteiger partial charge is 0.325 e. The predicted octanol–water partition coefficient (Wildman–Crippen LogP) is 0.467. The van der Waals surface area contributed by atoms with Gasteiger partial charge in [0.1, 0.15) is 6.54 Å². The maximum absolute atomic E-state index is 12.0. The van der Waals surface area contributed by atoms with Crippen LogP contribution in [0.15, 0.2) is 24.5 Å². The van der Waals surface area contributed by atoms with Gasteiger partial charge in [0.25, 0.3) is 5.91 Å². The van der Waals surface area contributed by atoms with Crippen LogP contribution in [-0.4, -0.2) is 36.3 Å². The second-order valence-corrected chi connectivity index (χ2v) is 4.17. The molecule has 0 unspecified atom stereocenters. The van der Waals surface area contributed by atoms with Crippen LogP contribution in [0.25, 0.3) is 0 Å². The van der Waals surface area contributed by atoms with Gasteiger partial charge in [-0.1, -0.05) is 0 Å². The van der Waals surface area contributed by atoms with Crippen molar-refractivity contribution in [3.63, 3.8) is 0 Å². The van der Waals surface area contributed by atoms with Crippen LogP contribution in [0.5, 0.6) is 0 Å². The van der Waals surface area contributed by atoms with Crippen molar-refractivity contribution in [3.05, 3.63) is 40.3 Å². The molecule has 0 aromatic carbocycles. The number of nitrogens with one attached hydrogen (secondary N) is 1. The monoisotopic (exact) mass is 293 g/mol. The maximum Gasteiger partial charge on any atom is 0.325 e. The van der Waals surface area contributed by atoms with E-state index in [1.54, 1.807) is 0 Å². The van der Waals surface area contributed by atoms with Crippen LogP contribution in [0.4, 0.5) is 11.5 Å². The highest BCUT2D eigenvalue weighted by atomic mass is 16.6. The van der Waals surface area contributed by atoms with Crippen molar-refractivity contribution in [2.24, 2.45) is 7.05 Å². The Hall–Kier alpha value is -3.17. The standard InChI is InChI=1S/C11H11N5O5/c1-14-8(2-3-9(14)16(20)21)11(19)13-7-4-12-15(5-7)6-10(17)18/h2-5H,6H2,1H3,(H,13,19)(H,17,18). The van der Waals surface area contributed by atoms with E-state index >= 15 is 0 Å². The summed E-state index contributed by atoms with van der Waals surface area (Å²) in [6.45, 7) is -0.328. The lowest BCUT2D eigenvalue weighted by Crippen LogP contribution is -2.16. The van der Waals surface area contributed by atoms with Gasteiger partial charge in [-0.15, -0.1) is 0 Å². The van der Waals surface area contributed by atoms with Gasteiger partial charge in [0.2, 0.25) is 0 Å². The van der Waals surface area contributed by atoms with Gasteiger partial charge >= 0.3 is 11.8 Å². The molecule has 10 nitrogen and oxygen atoms in total. The van der Waals surface area contributed by atoms with Crippen LogP contribution < -0.4 is 5.32 Å². The highest BCUT2D eigenvalue weighted by Crippen LogP contribution is 2.16. The Morgan fingerprint density at radius 2 is 2.19 bits per heavy atom. The Morgan fingerprint density at radius 1 is 1.48 bits per heavy atom. The van der Waals surface area contributed by atoms with Crippen LogP contribution in [-0.2, 0) is 18.4 Å². The SMILES string of the molecule is Cn1c(C(=O)Nc2cnn(CC(=O)O)c2)ccc1[N+](=O)[O-]. The fourth-order valence-corrected chi connectivity index (χ4v) is 1.76. The van der Waals surface area contributed by atoms with Crippen molar-refractivity contribution in [3.8, 4) is 0 Å². The number of hydrogen-bond donors (Lipinski definition) is 2. The summed E-state index contributed by atoms with van der Waals surface area (Å²) < 4.78 is 2.29. The first-order valence-electron chi connectivity index (χ1n) is 5.74. The summed E-state index contributed by atoms with van der Waals surface area (Å²) in [4.78, 5) is 32.6. The molecule has 110 valence electrons. The molecule has 0 radical (unpaired) electrons. The van der Waals surface area contributed by atoms with E-state index < -0.39 is 16.8 Å². The Kier molecular flexibility index (Phi) is 3.69. The van der Waals surface area contributed by atoms with E-state index in [9.17, 15) is 19.7 Å². The van der Waals surface area contributed by atoms with Crippen molar-refractivity contribution >= 4 is 23.4 Å². The van der Waals surface area contributed by atoms with Crippen molar-refractivity contribution in [2.75, 3.05) is 5.32 Å². The average Bonchev–Trinajstić information content (AvgIpc) is 2.95. The Labute approximate surface area is 117 Å². The lowest BCUT2D eigenvalue weighted by Gasteiger charge is -2.01. The van der Waals surface area contributed by atoms with Gasteiger partial charge in [-0.3, -0.25) is 14.3 Å². The Bertz CT molecular complexity index is 716. The molecule has 1 amide bonds. The average molecular weight is 293 g/mol. The first-order valence-corrected chi connectivity index (χ1v) is 5.74. The molecule has 0 bridgehead atoms. The molecule has 2 aromatic heterocycles. The summed E-state index contributed by atoms with van der Waals surface area (Å²) in [5.74, 6) is -1.82. The van der Waals surface area contributed by atoms with E-state index in [-0.39, 0.29) is 18.1 Å². The largest absolute Gasteiger partial charge is 0.480 e. The van der Waals surface area contributed by atoms with Crippen molar-refractivity contribution in [1.29, 1.82) is 0 Å². The van der Waals surface area contributed by atoms with Crippen molar-refractivity contribution in [1.82, 2.24) is 14.3 Å². The third-order valence-corrected chi connectivity index (χ3v) is 2.70. The molecule has 21 heavy (non-hydrogen) atoms. The van der Waals surface area contributed by atoms with Gasteiger partial charge in [0.05, 0.1) is 18.9 Å². The van der Waals surface area contributed by atoms with Crippen LogP contribution in [0.1, 0.15) is 10.5 Å². The molecule has 2 N–H and O–H groups in total. The summed E-state index contributed by atoms with van der Waals surface area (Å²) >= 11 is 0. The molecule has 0 saturated carbocycles. The molecule has 0 aliphatic rings. The van der Waals surface area contributed by atoms with Gasteiger partial charge in [-0.25, -0.2) is 4.57 Å². The Morgan fingerprint density at radius 3 is 2.76 bits per heavy atom. The van der Waals surface area contributed by atoms with E-state index in [4.69, 9.17) is 5.11 Å². The molecule has 10 heteroatoms. The Balaban J connectivity index is 2.13. The second kappa shape index (κ2) is 5.45. The minimum atomic E-state index is -1.06. The quantitative estimate of drug-likeness (QED) is 0.608. The first kappa shape index (κ1) is 14.2. The molecule has 0 atom stereocenters. The molecule has 0 aliphatic carbocycles. The normalized spacial score (nSPS) is 10.3. The fourth-order valence-electron chi connectivity index (χ4n) is 1.76. The minimum absolute atomic E-state index is 0.104. The number of carbonyl (C=O) groups is 2. The molecule has 0 fully saturated rings. The molecule has 2 heterocycles. The van der Waals surface area contributed by atoms with Gasteiger partial charge in [-0.05, 0) is 11.0 Å². The van der Waals surface area contributed by atoms with Crippen molar-refractivity contribution < 1.29 is 19.6 Å². The maximum atomic E-state index is 12.0. The number of hydrogen-bond acceptors (Lipinski definition) is 5. The lowest BCUT2D eigenvalue weighted by molar-refractivity contribution is -0.391. The van der Waals surface area contributed by atoms with E-state index in [0.717, 1.165) is 9.25 Å². The molecule has 0 spiro atoms. The van der Waals surface area contributed by atoms with E-state index in [2.05, 4.69) is 10.4 Å². The fraction of sp³-hybridized carbons (Fsp3) is 0.182. The van der Waals surface area contributed by atoms with Gasteiger partial charge in [0, 0.05) is 12.3 Å². The van der Waals surface area contributed by atoms with Crippen LogP contribution in [0, 0.1) is 10.1 Å². The van der Waals surface area contributed by atoms with E-state index in [0.29, 0.717) is 5.69 Å². The highest BCUT2D eigenvalue weighted by Gasteiger charge is 2.20. The van der Waals surface area contributed by atoms with Gasteiger partial charge < -0.3 is 20.5 Å². The first-order chi connectivity index (χ1) is 9.88. The van der Waals surface area contributed by atoms with Crippen LogP contribution in [0.2, 0.25) is 0 Å². The summed E-state index contributed by atoms with van der Waals surface area (Å²) in [6, 6.07) is 2.55. The zero-order valence-corrected chi connectivity index (χ0v) is 10.9. The highest BCUT2D eigenvalue weighted by molar-refractivity contribution is 6.03. The summed E-state index contributed by atoms with van der Waals surface area (Å²) in [7, 11) is 1.40. The van der Waals surface area contributed by atoms with Crippen LogP contribution in [0.3, 0.4) is 0 Å².